The van der Waals surface area contributed by atoms with E-state index in [1.807, 2.05) is 0 Å². The number of hydrogen-bond acceptors (Lipinski definition) is 0. The molecule has 0 fully saturated rings. The molecule has 0 amide bonds. The van der Waals surface area contributed by atoms with Gasteiger partial charge in [0.1, 0.15) is 0 Å². The van der Waals surface area contributed by atoms with Crippen LogP contribution in [-0.4, -0.2) is 0 Å². The van der Waals surface area contributed by atoms with Gasteiger partial charge in [-0.2, -0.15) is 0 Å². The third kappa shape index (κ3) is 6.22. The van der Waals surface area contributed by atoms with Crippen LogP contribution in [0, 0.1) is 6.92 Å². The molecule has 68 heavy (non-hydrogen) atoms. The van der Waals surface area contributed by atoms with Crippen LogP contribution in [-0.2, 0) is 5.41 Å². The highest BCUT2D eigenvalue weighted by atomic mass is 14.5. The SMILES string of the molecule is Cc1ccc(C2(c3ccc(-c4c5ccccc5c(-c5ccc(C=Cc6ccc(-c7cccc8ccccc78)c7ccccc67)cc5)c5ccccc45)cc3)c3ccccc3-c3ccccc32)cc1. The lowest BCUT2D eigenvalue weighted by molar-refractivity contribution is 0.768. The molecule has 0 heterocycles. The molecule has 1 aliphatic carbocycles. The van der Waals surface area contributed by atoms with Crippen molar-refractivity contribution in [2.75, 3.05) is 0 Å². The van der Waals surface area contributed by atoms with Gasteiger partial charge in [-0.3, -0.25) is 0 Å². The van der Waals surface area contributed by atoms with E-state index in [1.165, 1.54) is 121 Å². The molecule has 0 bridgehead atoms. The number of fused-ring (bicyclic) bond motifs is 7. The zero-order valence-electron chi connectivity index (χ0n) is 37.8. The van der Waals surface area contributed by atoms with E-state index in [2.05, 4.69) is 268 Å². The van der Waals surface area contributed by atoms with Crippen molar-refractivity contribution in [2.45, 2.75) is 12.3 Å². The van der Waals surface area contributed by atoms with Crippen molar-refractivity contribution in [3.63, 3.8) is 0 Å². The van der Waals surface area contributed by atoms with Crippen molar-refractivity contribution in [2.24, 2.45) is 0 Å². The van der Waals surface area contributed by atoms with Crippen molar-refractivity contribution < 1.29 is 0 Å². The van der Waals surface area contributed by atoms with Crippen LogP contribution < -0.4 is 0 Å². The van der Waals surface area contributed by atoms with E-state index >= 15 is 0 Å². The van der Waals surface area contributed by atoms with Crippen LogP contribution in [0.25, 0.3) is 99.7 Å². The molecule has 0 saturated heterocycles. The smallest absolute Gasteiger partial charge is 0.0619 e. The van der Waals surface area contributed by atoms with Gasteiger partial charge in [0.25, 0.3) is 0 Å². The van der Waals surface area contributed by atoms with Crippen LogP contribution in [0.5, 0.6) is 0 Å². The van der Waals surface area contributed by atoms with Gasteiger partial charge in [0, 0.05) is 0 Å². The van der Waals surface area contributed by atoms with Crippen LogP contribution in [0.15, 0.2) is 249 Å². The van der Waals surface area contributed by atoms with Gasteiger partial charge in [0.2, 0.25) is 0 Å². The molecule has 318 valence electrons. The lowest BCUT2D eigenvalue weighted by Gasteiger charge is -2.34. The Labute approximate surface area is 397 Å². The highest BCUT2D eigenvalue weighted by Crippen LogP contribution is 2.56. The zero-order valence-corrected chi connectivity index (χ0v) is 37.8. The van der Waals surface area contributed by atoms with Crippen LogP contribution in [0.1, 0.15) is 38.9 Å². The normalized spacial score (nSPS) is 12.8. The second-order valence-electron chi connectivity index (χ2n) is 18.4. The Bertz CT molecular complexity index is 3830. The minimum Gasteiger partial charge on any atom is -0.0619 e. The van der Waals surface area contributed by atoms with Crippen molar-refractivity contribution in [1.29, 1.82) is 0 Å². The maximum Gasteiger partial charge on any atom is 0.0713 e. The summed E-state index contributed by atoms with van der Waals surface area (Å²) in [5.41, 5.74) is 18.5. The molecule has 0 nitrogen and oxygen atoms in total. The van der Waals surface area contributed by atoms with Crippen LogP contribution in [0.2, 0.25) is 0 Å². The van der Waals surface area contributed by atoms with E-state index in [4.69, 9.17) is 0 Å². The molecule has 0 atom stereocenters. The molecule has 12 aromatic rings. The third-order valence-corrected chi connectivity index (χ3v) is 14.7. The van der Waals surface area contributed by atoms with Gasteiger partial charge in [-0.25, -0.2) is 0 Å². The summed E-state index contributed by atoms with van der Waals surface area (Å²) in [4.78, 5) is 0. The topological polar surface area (TPSA) is 0 Å². The minimum atomic E-state index is -0.439. The first-order valence-electron chi connectivity index (χ1n) is 23.7. The van der Waals surface area contributed by atoms with Crippen molar-refractivity contribution in [1.82, 2.24) is 0 Å². The lowest BCUT2D eigenvalue weighted by atomic mass is 9.67. The molecule has 0 aliphatic heterocycles. The molecular weight excluding hydrogens is 817 g/mol. The summed E-state index contributed by atoms with van der Waals surface area (Å²) >= 11 is 0. The van der Waals surface area contributed by atoms with Crippen LogP contribution in [0.4, 0.5) is 0 Å². The molecule has 0 spiro atoms. The molecule has 0 N–H and O–H groups in total. The summed E-state index contributed by atoms with van der Waals surface area (Å²) in [5.74, 6) is 0. The first-order valence-corrected chi connectivity index (χ1v) is 23.7. The number of aryl methyl sites for hydroxylation is 1. The summed E-state index contributed by atoms with van der Waals surface area (Å²) in [6.07, 6.45) is 4.51. The molecule has 1 aliphatic rings. The van der Waals surface area contributed by atoms with Gasteiger partial charge in [0.15, 0.2) is 0 Å². The molecule has 0 radical (unpaired) electrons. The molecule has 0 saturated carbocycles. The minimum absolute atomic E-state index is 0.439. The fourth-order valence-electron chi connectivity index (χ4n) is 11.6. The first kappa shape index (κ1) is 39.8. The van der Waals surface area contributed by atoms with E-state index in [1.54, 1.807) is 0 Å². The van der Waals surface area contributed by atoms with Crippen LogP contribution >= 0.6 is 0 Å². The van der Waals surface area contributed by atoms with E-state index in [0.717, 1.165) is 5.56 Å². The third-order valence-electron chi connectivity index (χ3n) is 14.7. The summed E-state index contributed by atoms with van der Waals surface area (Å²) in [7, 11) is 0. The fourth-order valence-corrected chi connectivity index (χ4v) is 11.6. The standard InChI is InChI=1S/C68H46/c1-45-29-40-51(41-30-45)68(64-27-12-10-20-58(64)59-21-11-13-28-65(59)68)52-42-37-50(38-43-52)67-62-24-8-6-22-60(62)66(61-23-7-9-25-63(61)67)49-35-32-46(33-36-49)31-34-48-39-44-57(55-19-5-4-18-54(48)55)56-26-14-16-47-15-2-3-17-53(47)56/h2-44H,1H3. The molecule has 0 heteroatoms. The van der Waals surface area contributed by atoms with Gasteiger partial charge < -0.3 is 0 Å². The summed E-state index contributed by atoms with van der Waals surface area (Å²) in [6.45, 7) is 2.17. The molecule has 13 rings (SSSR count). The average molecular weight is 863 g/mol. The Morgan fingerprint density at radius 2 is 0.721 bits per heavy atom. The molecule has 12 aromatic carbocycles. The fraction of sp³-hybridized carbons (Fsp3) is 0.0294. The Hall–Kier alpha value is -8.58. The lowest BCUT2D eigenvalue weighted by Crippen LogP contribution is -2.28. The molecule has 0 unspecified atom stereocenters. The zero-order chi connectivity index (χ0) is 45.2. The second kappa shape index (κ2) is 16.1. The Morgan fingerprint density at radius 1 is 0.294 bits per heavy atom. The van der Waals surface area contributed by atoms with E-state index in [0.29, 0.717) is 0 Å². The predicted molar refractivity (Wildman–Crippen MR) is 290 cm³/mol. The van der Waals surface area contributed by atoms with Gasteiger partial charge in [-0.1, -0.05) is 266 Å². The average Bonchev–Trinajstić information content (AvgIpc) is 3.71. The van der Waals surface area contributed by atoms with Gasteiger partial charge in [0.05, 0.1) is 5.41 Å². The van der Waals surface area contributed by atoms with Crippen molar-refractivity contribution >= 4 is 55.2 Å². The molecular formula is C68H46. The highest BCUT2D eigenvalue weighted by Gasteiger charge is 2.45. The largest absolute Gasteiger partial charge is 0.0713 e. The number of benzene rings is 12. The van der Waals surface area contributed by atoms with E-state index < -0.39 is 5.41 Å². The highest BCUT2D eigenvalue weighted by molar-refractivity contribution is 6.21. The van der Waals surface area contributed by atoms with Crippen molar-refractivity contribution in [3.05, 3.63) is 288 Å². The van der Waals surface area contributed by atoms with Gasteiger partial charge in [-0.15, -0.1) is 0 Å². The Balaban J connectivity index is 0.885. The quantitative estimate of drug-likeness (QED) is 0.111. The maximum absolute atomic E-state index is 2.39. The summed E-state index contributed by atoms with van der Waals surface area (Å²) in [6, 6.07) is 92.3. The van der Waals surface area contributed by atoms with Gasteiger partial charge >= 0.3 is 0 Å². The van der Waals surface area contributed by atoms with E-state index in [-0.39, 0.29) is 0 Å². The van der Waals surface area contributed by atoms with E-state index in [9.17, 15) is 0 Å². The van der Waals surface area contributed by atoms with Crippen molar-refractivity contribution in [3.8, 4) is 44.5 Å². The van der Waals surface area contributed by atoms with Gasteiger partial charge in [-0.05, 0) is 128 Å². The molecule has 0 aromatic heterocycles. The predicted octanol–water partition coefficient (Wildman–Crippen LogP) is 18.1. The monoisotopic (exact) mass is 862 g/mol. The Kier molecular flexibility index (Phi) is 9.41. The van der Waals surface area contributed by atoms with Crippen LogP contribution in [0.3, 0.4) is 0 Å². The number of rotatable bonds is 7. The first-order chi connectivity index (χ1) is 33.6. The maximum atomic E-state index is 2.39. The second-order valence-corrected chi connectivity index (χ2v) is 18.4. The number of hydrogen-bond donors (Lipinski definition) is 0. The summed E-state index contributed by atoms with van der Waals surface area (Å²) in [5, 5.41) is 10.0. The summed E-state index contributed by atoms with van der Waals surface area (Å²) < 4.78 is 0. The Morgan fingerprint density at radius 3 is 1.31 bits per heavy atom.